The number of aryl methyl sites for hydroxylation is 2. The first kappa shape index (κ1) is 25.2. The minimum Gasteiger partial charge on any atom is -1.00 e. The van der Waals surface area contributed by atoms with Crippen molar-refractivity contribution in [3.63, 3.8) is 0 Å². The molecule has 0 saturated heterocycles. The Kier molecular flexibility index (Phi) is 19.2. The zero-order valence-electron chi connectivity index (χ0n) is 18.6. The molecule has 0 aliphatic heterocycles. The Bertz CT molecular complexity index is 392. The molecule has 1 heteroatoms. The molecule has 1 aromatic carbocycles. The second-order valence-electron chi connectivity index (χ2n) is 7.63. The summed E-state index contributed by atoms with van der Waals surface area (Å²) in [6.45, 7) is 4.53. The molecule has 0 radical (unpaired) electrons. The molecule has 0 bridgehead atoms. The average molecular weight is 355 g/mol. The van der Waals surface area contributed by atoms with Crippen molar-refractivity contribution in [1.29, 1.82) is 0 Å². The summed E-state index contributed by atoms with van der Waals surface area (Å²) < 4.78 is 0. The van der Waals surface area contributed by atoms with Crippen molar-refractivity contribution < 1.29 is 31.0 Å². The Morgan fingerprint density at radius 2 is 1.00 bits per heavy atom. The maximum Gasteiger partial charge on any atom is 1.00 e. The van der Waals surface area contributed by atoms with Crippen LogP contribution in [0, 0.1) is 6.92 Å². The number of unbranched alkanes of at least 4 members (excludes halogenated alkanes) is 14. The standard InChI is InChI=1S/C24H42.Na.H/c1-3-4-5-6-7-8-9-10-11-12-13-14-15-16-17-21-24-22-19-18-20-23(24)2;;/h18-20,22H,3-17,21H2,1-2H3;;/q;+1;-1. The fourth-order valence-corrected chi connectivity index (χ4v) is 3.58. The van der Waals surface area contributed by atoms with Crippen LogP contribution >= 0.6 is 0 Å². The van der Waals surface area contributed by atoms with Gasteiger partial charge in [-0.15, -0.1) is 0 Å². The molecular formula is C24H43Na. The van der Waals surface area contributed by atoms with Crippen LogP contribution in [0.15, 0.2) is 24.3 Å². The smallest absolute Gasteiger partial charge is 1.00 e. The van der Waals surface area contributed by atoms with E-state index in [-0.39, 0.29) is 31.0 Å². The minimum atomic E-state index is 0. The molecule has 1 aromatic rings. The van der Waals surface area contributed by atoms with Crippen molar-refractivity contribution in [2.75, 3.05) is 0 Å². The number of benzene rings is 1. The molecule has 1 rings (SSSR count). The molecule has 140 valence electrons. The van der Waals surface area contributed by atoms with Crippen LogP contribution in [0.1, 0.15) is 116 Å². The van der Waals surface area contributed by atoms with Crippen molar-refractivity contribution in [2.24, 2.45) is 0 Å². The predicted molar refractivity (Wildman–Crippen MR) is 111 cm³/mol. The largest absolute Gasteiger partial charge is 1.00 e. The van der Waals surface area contributed by atoms with E-state index in [0.717, 1.165) is 0 Å². The summed E-state index contributed by atoms with van der Waals surface area (Å²) in [4.78, 5) is 0. The van der Waals surface area contributed by atoms with Gasteiger partial charge >= 0.3 is 29.6 Å². The number of rotatable bonds is 16. The van der Waals surface area contributed by atoms with Crippen molar-refractivity contribution in [3.8, 4) is 0 Å². The van der Waals surface area contributed by atoms with Gasteiger partial charge in [0.05, 0.1) is 0 Å². The third-order valence-electron chi connectivity index (χ3n) is 5.31. The molecule has 0 aliphatic carbocycles. The summed E-state index contributed by atoms with van der Waals surface area (Å²) in [6.07, 6.45) is 22.9. The van der Waals surface area contributed by atoms with Crippen molar-refractivity contribution in [2.45, 2.75) is 117 Å². The first-order chi connectivity index (χ1) is 11.8. The van der Waals surface area contributed by atoms with Crippen LogP contribution in [0.4, 0.5) is 0 Å². The Morgan fingerprint density at radius 3 is 1.44 bits per heavy atom. The summed E-state index contributed by atoms with van der Waals surface area (Å²) in [5, 5.41) is 0. The van der Waals surface area contributed by atoms with E-state index in [0.29, 0.717) is 0 Å². The number of hydrogen-bond acceptors (Lipinski definition) is 0. The molecule has 0 spiro atoms. The fraction of sp³-hybridized carbons (Fsp3) is 0.750. The summed E-state index contributed by atoms with van der Waals surface area (Å²) in [6, 6.07) is 8.85. The first-order valence-corrected chi connectivity index (χ1v) is 10.9. The average Bonchev–Trinajstić information content (AvgIpc) is 2.60. The van der Waals surface area contributed by atoms with E-state index in [9.17, 15) is 0 Å². The van der Waals surface area contributed by atoms with E-state index < -0.39 is 0 Å². The maximum absolute atomic E-state index is 2.30. The van der Waals surface area contributed by atoms with Gasteiger partial charge in [0, 0.05) is 0 Å². The quantitative estimate of drug-likeness (QED) is 0.271. The zero-order chi connectivity index (χ0) is 17.3. The van der Waals surface area contributed by atoms with Gasteiger partial charge in [-0.25, -0.2) is 0 Å². The second-order valence-corrected chi connectivity index (χ2v) is 7.63. The predicted octanol–water partition coefficient (Wildman–Crippen LogP) is 5.53. The van der Waals surface area contributed by atoms with E-state index in [1.807, 2.05) is 0 Å². The molecular weight excluding hydrogens is 311 g/mol. The molecule has 0 heterocycles. The number of hydrogen-bond donors (Lipinski definition) is 0. The summed E-state index contributed by atoms with van der Waals surface area (Å²) in [5.74, 6) is 0. The topological polar surface area (TPSA) is 0 Å². The van der Waals surface area contributed by atoms with Crippen molar-refractivity contribution >= 4 is 0 Å². The molecule has 0 N–H and O–H groups in total. The van der Waals surface area contributed by atoms with Crippen LogP contribution in [0.3, 0.4) is 0 Å². The molecule has 0 unspecified atom stereocenters. The van der Waals surface area contributed by atoms with Gasteiger partial charge in [-0.1, -0.05) is 121 Å². The fourth-order valence-electron chi connectivity index (χ4n) is 3.58. The van der Waals surface area contributed by atoms with Crippen LogP contribution in [-0.2, 0) is 6.42 Å². The van der Waals surface area contributed by atoms with E-state index in [4.69, 9.17) is 0 Å². The van der Waals surface area contributed by atoms with Gasteiger partial charge in [0.1, 0.15) is 0 Å². The van der Waals surface area contributed by atoms with E-state index >= 15 is 0 Å². The first-order valence-electron chi connectivity index (χ1n) is 10.9. The van der Waals surface area contributed by atoms with Crippen LogP contribution in [0.5, 0.6) is 0 Å². The molecule has 0 amide bonds. The Balaban J connectivity index is 0. The molecule has 0 aliphatic rings. The molecule has 25 heavy (non-hydrogen) atoms. The molecule has 0 atom stereocenters. The Hall–Kier alpha value is 0.220. The van der Waals surface area contributed by atoms with Crippen LogP contribution in [0.2, 0.25) is 0 Å². The van der Waals surface area contributed by atoms with Gasteiger partial charge in [-0.3, -0.25) is 0 Å². The van der Waals surface area contributed by atoms with E-state index in [1.165, 1.54) is 108 Å². The van der Waals surface area contributed by atoms with Gasteiger partial charge < -0.3 is 1.43 Å². The van der Waals surface area contributed by atoms with Gasteiger partial charge in [-0.2, -0.15) is 0 Å². The molecule has 0 nitrogen and oxygen atoms in total. The van der Waals surface area contributed by atoms with E-state index in [1.54, 1.807) is 5.56 Å². The van der Waals surface area contributed by atoms with Crippen LogP contribution < -0.4 is 29.6 Å². The second kappa shape index (κ2) is 19.0. The van der Waals surface area contributed by atoms with Crippen molar-refractivity contribution in [3.05, 3.63) is 35.4 Å². The molecule has 0 fully saturated rings. The van der Waals surface area contributed by atoms with Gasteiger partial charge in [0.2, 0.25) is 0 Å². The van der Waals surface area contributed by atoms with Gasteiger partial charge in [-0.05, 0) is 30.9 Å². The third-order valence-corrected chi connectivity index (χ3v) is 5.31. The Morgan fingerprint density at radius 1 is 0.600 bits per heavy atom. The molecule has 0 aromatic heterocycles. The van der Waals surface area contributed by atoms with Gasteiger partial charge in [0.15, 0.2) is 0 Å². The SMILES string of the molecule is CCCCCCCCCCCCCCCCCc1ccccc1C.[H-].[Na+]. The van der Waals surface area contributed by atoms with Crippen molar-refractivity contribution in [1.82, 2.24) is 0 Å². The van der Waals surface area contributed by atoms with E-state index in [2.05, 4.69) is 38.1 Å². The summed E-state index contributed by atoms with van der Waals surface area (Å²) in [7, 11) is 0. The van der Waals surface area contributed by atoms with Crippen LogP contribution in [-0.4, -0.2) is 0 Å². The Labute approximate surface area is 182 Å². The summed E-state index contributed by atoms with van der Waals surface area (Å²) in [5.41, 5.74) is 3.01. The summed E-state index contributed by atoms with van der Waals surface area (Å²) >= 11 is 0. The maximum atomic E-state index is 2.30. The molecule has 0 saturated carbocycles. The minimum absolute atomic E-state index is 0. The third kappa shape index (κ3) is 15.0. The van der Waals surface area contributed by atoms with Crippen LogP contribution in [0.25, 0.3) is 0 Å². The zero-order valence-corrected chi connectivity index (χ0v) is 19.6. The monoisotopic (exact) mass is 354 g/mol. The normalized spacial score (nSPS) is 10.6. The van der Waals surface area contributed by atoms with Gasteiger partial charge in [0.25, 0.3) is 0 Å².